The molecule has 1 aromatic heterocycles. The van der Waals surface area contributed by atoms with Crippen LogP contribution in [0.25, 0.3) is 0 Å². The van der Waals surface area contributed by atoms with E-state index >= 15 is 0 Å². The monoisotopic (exact) mass is 331 g/mol. The number of thiophene rings is 1. The summed E-state index contributed by atoms with van der Waals surface area (Å²) in [4.78, 5) is 15.2. The quantitative estimate of drug-likeness (QED) is 0.862. The molecule has 0 radical (unpaired) electrons. The Morgan fingerprint density at radius 1 is 1.50 bits per heavy atom. The van der Waals surface area contributed by atoms with Crippen LogP contribution in [0, 0.1) is 0 Å². The number of likely N-dealkylation sites (tertiary alicyclic amines) is 1. The lowest BCUT2D eigenvalue weighted by Crippen LogP contribution is -2.40. The molecule has 2 heterocycles. The highest BCUT2D eigenvalue weighted by molar-refractivity contribution is 9.10. The number of aliphatic hydroxyl groups is 1. The van der Waals surface area contributed by atoms with Crippen LogP contribution in [0.2, 0.25) is 0 Å². The van der Waals surface area contributed by atoms with Gasteiger partial charge in [-0.25, -0.2) is 0 Å². The van der Waals surface area contributed by atoms with Crippen LogP contribution in [-0.2, 0) is 0 Å². The van der Waals surface area contributed by atoms with Gasteiger partial charge in [0.25, 0.3) is 0 Å². The Bertz CT molecular complexity index is 407. The number of Topliss-reactive ketones (excluding diaryl/α,β-unsaturated/α-hetero) is 1. The third kappa shape index (κ3) is 3.41. The van der Waals surface area contributed by atoms with Crippen LogP contribution >= 0.6 is 27.3 Å². The van der Waals surface area contributed by atoms with Gasteiger partial charge in [0.05, 0.1) is 18.0 Å². The summed E-state index contributed by atoms with van der Waals surface area (Å²) in [5, 5.41) is 11.3. The molecule has 0 spiro atoms. The maximum atomic E-state index is 12.2. The minimum atomic E-state index is 0.148. The predicted molar refractivity (Wildman–Crippen MR) is 77.3 cm³/mol. The number of aliphatic hydroxyl groups excluding tert-OH is 1. The van der Waals surface area contributed by atoms with Gasteiger partial charge in [-0.15, -0.1) is 11.3 Å². The van der Waals surface area contributed by atoms with Crippen molar-refractivity contribution in [1.29, 1.82) is 0 Å². The maximum Gasteiger partial charge on any atom is 0.187 e. The Hall–Kier alpha value is -0.230. The molecule has 1 aliphatic heterocycles. The fourth-order valence-corrected chi connectivity index (χ4v) is 3.93. The third-order valence-corrected chi connectivity index (χ3v) is 5.31. The minimum Gasteiger partial charge on any atom is -0.395 e. The number of rotatable bonds is 4. The number of hydrogen-bond acceptors (Lipinski definition) is 4. The molecule has 1 aromatic rings. The van der Waals surface area contributed by atoms with Gasteiger partial charge < -0.3 is 5.11 Å². The topological polar surface area (TPSA) is 40.5 Å². The summed E-state index contributed by atoms with van der Waals surface area (Å²) < 4.78 is 0.882. The first-order chi connectivity index (χ1) is 8.72. The molecule has 1 fully saturated rings. The summed E-state index contributed by atoms with van der Waals surface area (Å²) in [6, 6.07) is 2.05. The summed E-state index contributed by atoms with van der Waals surface area (Å²) >= 11 is 4.88. The van der Waals surface area contributed by atoms with E-state index in [9.17, 15) is 9.90 Å². The maximum absolute atomic E-state index is 12.2. The second-order valence-electron chi connectivity index (χ2n) is 4.68. The lowest BCUT2D eigenvalue weighted by molar-refractivity contribution is 0.0829. The van der Waals surface area contributed by atoms with Crippen LogP contribution in [0.4, 0.5) is 0 Å². The van der Waals surface area contributed by atoms with Gasteiger partial charge in [0, 0.05) is 10.5 Å². The average molecular weight is 332 g/mol. The number of nitrogens with zero attached hydrogens (tertiary/aromatic N) is 1. The summed E-state index contributed by atoms with van der Waals surface area (Å²) in [5.41, 5.74) is 0. The largest absolute Gasteiger partial charge is 0.395 e. The number of carbonyl (C=O) groups excluding carboxylic acids is 1. The third-order valence-electron chi connectivity index (χ3n) is 3.43. The lowest BCUT2D eigenvalue weighted by Gasteiger charge is -2.27. The second-order valence-corrected chi connectivity index (χ2v) is 6.45. The van der Waals surface area contributed by atoms with Crippen LogP contribution in [-0.4, -0.2) is 41.5 Å². The Labute approximate surface area is 120 Å². The molecular formula is C13H18BrNO2S. The highest BCUT2D eigenvalue weighted by atomic mass is 79.9. The van der Waals surface area contributed by atoms with Gasteiger partial charge in [-0.1, -0.05) is 12.8 Å². The van der Waals surface area contributed by atoms with Gasteiger partial charge in [-0.3, -0.25) is 9.69 Å². The SMILES string of the molecule is O=C(CN1CCCCCC1CO)c1sccc1Br. The predicted octanol–water partition coefficient (Wildman–Crippen LogP) is 2.93. The van der Waals surface area contributed by atoms with Crippen molar-refractivity contribution in [2.24, 2.45) is 0 Å². The van der Waals surface area contributed by atoms with Crippen molar-refractivity contribution in [3.05, 3.63) is 20.8 Å². The molecule has 100 valence electrons. The van der Waals surface area contributed by atoms with Crippen molar-refractivity contribution in [2.45, 2.75) is 31.7 Å². The van der Waals surface area contributed by atoms with Crippen molar-refractivity contribution < 1.29 is 9.90 Å². The first kappa shape index (κ1) is 14.2. The fraction of sp³-hybridized carbons (Fsp3) is 0.615. The van der Waals surface area contributed by atoms with Gasteiger partial charge in [0.2, 0.25) is 0 Å². The number of hydrogen-bond donors (Lipinski definition) is 1. The zero-order valence-electron chi connectivity index (χ0n) is 10.3. The zero-order valence-corrected chi connectivity index (χ0v) is 12.7. The lowest BCUT2D eigenvalue weighted by atomic mass is 10.1. The first-order valence-electron chi connectivity index (χ1n) is 6.33. The van der Waals surface area contributed by atoms with Gasteiger partial charge >= 0.3 is 0 Å². The fourth-order valence-electron chi connectivity index (χ4n) is 2.40. The van der Waals surface area contributed by atoms with Crippen molar-refractivity contribution in [3.63, 3.8) is 0 Å². The molecule has 2 rings (SSSR count). The van der Waals surface area contributed by atoms with Crippen molar-refractivity contribution in [1.82, 2.24) is 4.90 Å². The summed E-state index contributed by atoms with van der Waals surface area (Å²) in [6.45, 7) is 1.49. The van der Waals surface area contributed by atoms with Gasteiger partial charge in [0.1, 0.15) is 0 Å². The van der Waals surface area contributed by atoms with Gasteiger partial charge in [0.15, 0.2) is 5.78 Å². The summed E-state index contributed by atoms with van der Waals surface area (Å²) in [7, 11) is 0. The molecule has 1 atom stereocenters. The highest BCUT2D eigenvalue weighted by Crippen LogP contribution is 2.24. The van der Waals surface area contributed by atoms with Gasteiger partial charge in [-0.2, -0.15) is 0 Å². The van der Waals surface area contributed by atoms with E-state index in [1.54, 1.807) is 0 Å². The van der Waals surface area contributed by atoms with E-state index in [2.05, 4.69) is 20.8 Å². The van der Waals surface area contributed by atoms with Crippen LogP contribution in [0.3, 0.4) is 0 Å². The molecule has 1 aliphatic rings. The molecule has 18 heavy (non-hydrogen) atoms. The second kappa shape index (κ2) is 6.80. The first-order valence-corrected chi connectivity index (χ1v) is 8.00. The van der Waals surface area contributed by atoms with Crippen molar-refractivity contribution in [2.75, 3.05) is 19.7 Å². The zero-order chi connectivity index (χ0) is 13.0. The molecule has 3 nitrogen and oxygen atoms in total. The molecule has 0 saturated carbocycles. The average Bonchev–Trinajstić information content (AvgIpc) is 2.66. The Balaban J connectivity index is 2.02. The van der Waals surface area contributed by atoms with Crippen LogP contribution in [0.15, 0.2) is 15.9 Å². The Morgan fingerprint density at radius 2 is 2.33 bits per heavy atom. The Kier molecular flexibility index (Phi) is 5.36. The van der Waals surface area contributed by atoms with E-state index in [0.717, 1.165) is 35.2 Å². The van der Waals surface area contributed by atoms with Crippen LogP contribution < -0.4 is 0 Å². The van der Waals surface area contributed by atoms with Crippen molar-refractivity contribution in [3.8, 4) is 0 Å². The molecule has 1 unspecified atom stereocenters. The number of ketones is 1. The van der Waals surface area contributed by atoms with E-state index in [1.807, 2.05) is 11.4 Å². The van der Waals surface area contributed by atoms with E-state index in [-0.39, 0.29) is 18.4 Å². The van der Waals surface area contributed by atoms with E-state index < -0.39 is 0 Å². The van der Waals surface area contributed by atoms with E-state index in [1.165, 1.54) is 17.8 Å². The molecule has 0 aliphatic carbocycles. The van der Waals surface area contributed by atoms with Crippen molar-refractivity contribution >= 4 is 33.0 Å². The van der Waals surface area contributed by atoms with E-state index in [4.69, 9.17) is 0 Å². The molecular weight excluding hydrogens is 314 g/mol. The normalized spacial score (nSPS) is 21.8. The van der Waals surface area contributed by atoms with E-state index in [0.29, 0.717) is 6.54 Å². The summed E-state index contributed by atoms with van der Waals surface area (Å²) in [5.74, 6) is 0.150. The van der Waals surface area contributed by atoms with Crippen LogP contribution in [0.1, 0.15) is 35.4 Å². The molecule has 0 bridgehead atoms. The van der Waals surface area contributed by atoms with Gasteiger partial charge in [-0.05, 0) is 46.8 Å². The molecule has 1 saturated heterocycles. The van der Waals surface area contributed by atoms with Crippen LogP contribution in [0.5, 0.6) is 0 Å². The minimum absolute atomic E-state index is 0.148. The standard InChI is InChI=1S/C13H18BrNO2S/c14-11-5-7-18-13(11)12(17)8-15-6-3-1-2-4-10(15)9-16/h5,7,10,16H,1-4,6,8-9H2. The Morgan fingerprint density at radius 3 is 3.00 bits per heavy atom. The highest BCUT2D eigenvalue weighted by Gasteiger charge is 2.23. The molecule has 1 N–H and O–H groups in total. The number of halogens is 1. The smallest absolute Gasteiger partial charge is 0.187 e. The molecule has 0 amide bonds. The molecule has 0 aromatic carbocycles. The molecule has 5 heteroatoms. The summed E-state index contributed by atoms with van der Waals surface area (Å²) in [6.07, 6.45) is 4.47. The number of carbonyl (C=O) groups is 1.